The Kier molecular flexibility index (Phi) is 3.07. The minimum Gasteiger partial charge on any atom is -0.324 e. The summed E-state index contributed by atoms with van der Waals surface area (Å²) in [5.41, 5.74) is 4.58. The molecule has 0 aromatic heterocycles. The fourth-order valence-electron chi connectivity index (χ4n) is 1.78. The molecular formula is C11H10F5N. The van der Waals surface area contributed by atoms with Crippen molar-refractivity contribution < 1.29 is 22.0 Å². The highest BCUT2D eigenvalue weighted by molar-refractivity contribution is 5.27. The average Bonchev–Trinajstić information content (AvgIpc) is 3.08. The maximum absolute atomic E-state index is 13.3. The first-order chi connectivity index (χ1) is 7.93. The van der Waals surface area contributed by atoms with Crippen molar-refractivity contribution in [2.75, 3.05) is 0 Å². The van der Waals surface area contributed by atoms with Crippen molar-refractivity contribution >= 4 is 0 Å². The Bertz CT molecular complexity index is 427. The van der Waals surface area contributed by atoms with Gasteiger partial charge in [0.1, 0.15) is 0 Å². The zero-order valence-corrected chi connectivity index (χ0v) is 8.74. The van der Waals surface area contributed by atoms with Gasteiger partial charge < -0.3 is 5.73 Å². The molecule has 0 amide bonds. The lowest BCUT2D eigenvalue weighted by atomic mass is 10.00. The monoisotopic (exact) mass is 251 g/mol. The van der Waals surface area contributed by atoms with E-state index >= 15 is 0 Å². The molecule has 1 saturated carbocycles. The van der Waals surface area contributed by atoms with Crippen molar-refractivity contribution in [3.8, 4) is 0 Å². The zero-order chi connectivity index (χ0) is 12.7. The van der Waals surface area contributed by atoms with Crippen LogP contribution in [0.3, 0.4) is 0 Å². The molecule has 1 nitrogen and oxygen atoms in total. The largest absolute Gasteiger partial charge is 0.324 e. The van der Waals surface area contributed by atoms with Crippen molar-refractivity contribution in [2.45, 2.75) is 25.3 Å². The number of hydrogen-bond donors (Lipinski definition) is 1. The molecule has 17 heavy (non-hydrogen) atoms. The molecule has 1 fully saturated rings. The van der Waals surface area contributed by atoms with Crippen LogP contribution < -0.4 is 5.73 Å². The molecule has 0 saturated heterocycles. The first-order valence-electron chi connectivity index (χ1n) is 5.20. The van der Waals surface area contributed by atoms with E-state index in [2.05, 4.69) is 0 Å². The molecule has 0 bridgehead atoms. The second-order valence-corrected chi connectivity index (χ2v) is 4.27. The summed E-state index contributed by atoms with van der Waals surface area (Å²) in [5.74, 6) is -9.46. The van der Waals surface area contributed by atoms with Crippen LogP contribution in [-0.4, -0.2) is 0 Å². The summed E-state index contributed by atoms with van der Waals surface area (Å²) in [6, 6.07) is -1.16. The van der Waals surface area contributed by atoms with Crippen LogP contribution in [0, 0.1) is 35.0 Å². The van der Waals surface area contributed by atoms with Gasteiger partial charge in [-0.3, -0.25) is 0 Å². The summed E-state index contributed by atoms with van der Waals surface area (Å²) >= 11 is 0. The first kappa shape index (κ1) is 12.3. The van der Waals surface area contributed by atoms with Gasteiger partial charge in [-0.2, -0.15) is 0 Å². The predicted octanol–water partition coefficient (Wildman–Crippen LogP) is 3.18. The molecule has 0 aliphatic heterocycles. The third-order valence-corrected chi connectivity index (χ3v) is 2.90. The third-order valence-electron chi connectivity index (χ3n) is 2.90. The standard InChI is InChI=1S/C11H10F5N/c12-7-6(5(17)3-4-1-2-4)8(13)10(15)11(16)9(7)14/h4-5H,1-3,17H2/t5-/m0/s1. The lowest BCUT2D eigenvalue weighted by Crippen LogP contribution is -2.18. The number of nitrogens with two attached hydrogens (primary N) is 1. The van der Waals surface area contributed by atoms with E-state index in [9.17, 15) is 22.0 Å². The molecule has 1 aromatic rings. The van der Waals surface area contributed by atoms with Crippen LogP contribution in [0.5, 0.6) is 0 Å². The Morgan fingerprint density at radius 2 is 1.29 bits per heavy atom. The van der Waals surface area contributed by atoms with E-state index in [0.29, 0.717) is 0 Å². The van der Waals surface area contributed by atoms with Gasteiger partial charge in [-0.05, 0) is 12.3 Å². The van der Waals surface area contributed by atoms with E-state index < -0.39 is 40.7 Å². The molecule has 0 heterocycles. The highest BCUT2D eigenvalue weighted by Crippen LogP contribution is 2.38. The van der Waals surface area contributed by atoms with E-state index in [4.69, 9.17) is 5.73 Å². The fourth-order valence-corrected chi connectivity index (χ4v) is 1.78. The number of hydrogen-bond acceptors (Lipinski definition) is 1. The molecule has 2 N–H and O–H groups in total. The second kappa shape index (κ2) is 4.25. The lowest BCUT2D eigenvalue weighted by Gasteiger charge is -2.14. The predicted molar refractivity (Wildman–Crippen MR) is 50.5 cm³/mol. The van der Waals surface area contributed by atoms with Crippen molar-refractivity contribution in [2.24, 2.45) is 11.7 Å². The summed E-state index contributed by atoms with van der Waals surface area (Å²) in [4.78, 5) is 0. The van der Waals surface area contributed by atoms with E-state index in [1.165, 1.54) is 0 Å². The summed E-state index contributed by atoms with van der Waals surface area (Å²) in [6.07, 6.45) is 1.99. The number of rotatable bonds is 3. The smallest absolute Gasteiger partial charge is 0.200 e. The van der Waals surface area contributed by atoms with Gasteiger partial charge >= 0.3 is 0 Å². The van der Waals surface area contributed by atoms with E-state index in [0.717, 1.165) is 12.8 Å². The highest BCUT2D eigenvalue weighted by atomic mass is 19.2. The number of benzene rings is 1. The van der Waals surface area contributed by atoms with Crippen LogP contribution in [0.15, 0.2) is 0 Å². The van der Waals surface area contributed by atoms with Gasteiger partial charge in [0.2, 0.25) is 5.82 Å². The van der Waals surface area contributed by atoms with Crippen LogP contribution in [0.2, 0.25) is 0 Å². The van der Waals surface area contributed by atoms with Crippen LogP contribution in [0.1, 0.15) is 30.9 Å². The molecule has 1 aliphatic carbocycles. The topological polar surface area (TPSA) is 26.0 Å². The Morgan fingerprint density at radius 3 is 1.71 bits per heavy atom. The Hall–Kier alpha value is -1.17. The van der Waals surface area contributed by atoms with Crippen LogP contribution in [0.25, 0.3) is 0 Å². The summed E-state index contributed by atoms with van der Waals surface area (Å²) in [6.45, 7) is 0. The van der Waals surface area contributed by atoms with Crippen molar-refractivity contribution in [3.05, 3.63) is 34.6 Å². The molecule has 1 aliphatic rings. The minimum atomic E-state index is -2.15. The molecular weight excluding hydrogens is 241 g/mol. The Morgan fingerprint density at radius 1 is 0.882 bits per heavy atom. The average molecular weight is 251 g/mol. The first-order valence-corrected chi connectivity index (χ1v) is 5.20. The van der Waals surface area contributed by atoms with Crippen molar-refractivity contribution in [1.82, 2.24) is 0 Å². The van der Waals surface area contributed by atoms with Crippen molar-refractivity contribution in [1.29, 1.82) is 0 Å². The molecule has 2 rings (SSSR count). The van der Waals surface area contributed by atoms with Gasteiger partial charge in [-0.15, -0.1) is 0 Å². The van der Waals surface area contributed by atoms with Crippen molar-refractivity contribution in [3.63, 3.8) is 0 Å². The molecule has 0 unspecified atom stereocenters. The fraction of sp³-hybridized carbons (Fsp3) is 0.455. The van der Waals surface area contributed by atoms with Crippen LogP contribution in [0.4, 0.5) is 22.0 Å². The molecule has 0 spiro atoms. The number of halogens is 5. The van der Waals surface area contributed by atoms with E-state index in [1.54, 1.807) is 0 Å². The highest BCUT2D eigenvalue weighted by Gasteiger charge is 2.32. The van der Waals surface area contributed by atoms with Gasteiger partial charge in [0.15, 0.2) is 23.3 Å². The van der Waals surface area contributed by atoms with Crippen LogP contribution >= 0.6 is 0 Å². The minimum absolute atomic E-state index is 0.222. The SMILES string of the molecule is N[C@@H](CC1CC1)c1c(F)c(F)c(F)c(F)c1F. The third kappa shape index (κ3) is 2.13. The molecule has 94 valence electrons. The lowest BCUT2D eigenvalue weighted by molar-refractivity contribution is 0.360. The normalized spacial score (nSPS) is 17.3. The van der Waals surface area contributed by atoms with E-state index in [1.807, 2.05) is 0 Å². The Balaban J connectivity index is 2.44. The molecule has 1 aromatic carbocycles. The quantitative estimate of drug-likeness (QED) is 0.498. The second-order valence-electron chi connectivity index (χ2n) is 4.27. The summed E-state index contributed by atoms with van der Waals surface area (Å²) in [7, 11) is 0. The van der Waals surface area contributed by atoms with Gasteiger partial charge in [0, 0.05) is 11.6 Å². The van der Waals surface area contributed by atoms with Crippen LogP contribution in [-0.2, 0) is 0 Å². The maximum atomic E-state index is 13.3. The zero-order valence-electron chi connectivity index (χ0n) is 8.74. The van der Waals surface area contributed by atoms with Gasteiger partial charge in [0.25, 0.3) is 0 Å². The molecule has 0 radical (unpaired) electrons. The molecule has 6 heteroatoms. The molecule has 1 atom stereocenters. The maximum Gasteiger partial charge on any atom is 0.200 e. The van der Waals surface area contributed by atoms with E-state index in [-0.39, 0.29) is 12.3 Å². The van der Waals surface area contributed by atoms with Gasteiger partial charge in [-0.25, -0.2) is 22.0 Å². The van der Waals surface area contributed by atoms with Gasteiger partial charge in [0.05, 0.1) is 0 Å². The summed E-state index contributed by atoms with van der Waals surface area (Å²) < 4.78 is 65.2. The summed E-state index contributed by atoms with van der Waals surface area (Å²) in [5, 5.41) is 0. The van der Waals surface area contributed by atoms with Gasteiger partial charge in [-0.1, -0.05) is 12.8 Å². The Labute approximate surface area is 94.4 Å².